The first-order valence-corrected chi connectivity index (χ1v) is 7.65. The Morgan fingerprint density at radius 3 is 2.76 bits per heavy atom. The molecule has 0 saturated heterocycles. The van der Waals surface area contributed by atoms with E-state index in [9.17, 15) is 4.79 Å². The van der Waals surface area contributed by atoms with Gasteiger partial charge in [-0.05, 0) is 12.3 Å². The molecule has 0 aliphatic carbocycles. The van der Waals surface area contributed by atoms with E-state index in [1.54, 1.807) is 12.3 Å². The quantitative estimate of drug-likeness (QED) is 0.793. The van der Waals surface area contributed by atoms with Gasteiger partial charge >= 0.3 is 6.01 Å². The van der Waals surface area contributed by atoms with Crippen LogP contribution in [0, 0.1) is 0 Å². The molecule has 0 amide bonds. The summed E-state index contributed by atoms with van der Waals surface area (Å²) in [6.45, 7) is 6.91. The van der Waals surface area contributed by atoms with Crippen molar-refractivity contribution in [1.82, 2.24) is 15.0 Å². The Balaban J connectivity index is 2.21. The van der Waals surface area contributed by atoms with Gasteiger partial charge in [-0.1, -0.05) is 40.0 Å². The van der Waals surface area contributed by atoms with Crippen molar-refractivity contribution in [2.24, 2.45) is 0 Å². The Hall–Kier alpha value is -1.91. The van der Waals surface area contributed by atoms with Crippen molar-refractivity contribution in [3.8, 4) is 6.01 Å². The lowest BCUT2D eigenvalue weighted by Crippen LogP contribution is -2.08. The first-order chi connectivity index (χ1) is 10.1. The highest BCUT2D eigenvalue weighted by atomic mass is 16.5. The molecular weight excluding hydrogens is 266 g/mol. The molecule has 0 fully saturated rings. The van der Waals surface area contributed by atoms with Gasteiger partial charge in [0.25, 0.3) is 0 Å². The number of hydrogen-bond donors (Lipinski definition) is 1. The molecule has 2 rings (SSSR count). The second-order valence-electron chi connectivity index (χ2n) is 5.55. The number of aromatic amines is 1. The molecular formula is C16H23N3O2. The third-order valence-electron chi connectivity index (χ3n) is 3.39. The largest absolute Gasteiger partial charge is 0.463 e. The standard InChI is InChI=1S/C16H23N3O2/c1-4-5-6-7-8-21-16-18-13-10-17-14(20)9-12(13)15(19-16)11(2)3/h9-11H,4-8H2,1-3H3,(H,17,20). The van der Waals surface area contributed by atoms with Crippen LogP contribution in [0.4, 0.5) is 0 Å². The van der Waals surface area contributed by atoms with E-state index < -0.39 is 0 Å². The molecule has 0 spiro atoms. The first-order valence-electron chi connectivity index (χ1n) is 7.65. The molecule has 0 atom stereocenters. The van der Waals surface area contributed by atoms with Crippen LogP contribution in [0.5, 0.6) is 6.01 Å². The zero-order chi connectivity index (χ0) is 15.2. The van der Waals surface area contributed by atoms with E-state index in [0.717, 1.165) is 29.4 Å². The Labute approximate surface area is 124 Å². The number of unbranched alkanes of at least 4 members (excludes halogenated alkanes) is 3. The van der Waals surface area contributed by atoms with E-state index in [1.807, 2.05) is 13.8 Å². The van der Waals surface area contributed by atoms with E-state index in [-0.39, 0.29) is 11.5 Å². The van der Waals surface area contributed by atoms with Crippen molar-refractivity contribution in [3.05, 3.63) is 28.3 Å². The molecule has 1 N–H and O–H groups in total. The molecule has 0 aliphatic rings. The lowest BCUT2D eigenvalue weighted by Gasteiger charge is -2.11. The van der Waals surface area contributed by atoms with Crippen molar-refractivity contribution >= 4 is 10.9 Å². The van der Waals surface area contributed by atoms with E-state index in [0.29, 0.717) is 12.6 Å². The molecule has 5 heteroatoms. The number of rotatable bonds is 7. The van der Waals surface area contributed by atoms with Crippen molar-refractivity contribution < 1.29 is 4.74 Å². The van der Waals surface area contributed by atoms with E-state index in [2.05, 4.69) is 21.9 Å². The minimum atomic E-state index is -0.138. The monoisotopic (exact) mass is 289 g/mol. The van der Waals surface area contributed by atoms with Crippen LogP contribution in [0.3, 0.4) is 0 Å². The van der Waals surface area contributed by atoms with Crippen LogP contribution in [0.2, 0.25) is 0 Å². The molecule has 5 nitrogen and oxygen atoms in total. The van der Waals surface area contributed by atoms with Gasteiger partial charge in [0.15, 0.2) is 0 Å². The zero-order valence-corrected chi connectivity index (χ0v) is 13.0. The van der Waals surface area contributed by atoms with Gasteiger partial charge < -0.3 is 9.72 Å². The molecule has 0 aliphatic heterocycles. The highest BCUT2D eigenvalue weighted by Gasteiger charge is 2.12. The lowest BCUT2D eigenvalue weighted by atomic mass is 10.1. The number of nitrogens with one attached hydrogen (secondary N) is 1. The molecule has 21 heavy (non-hydrogen) atoms. The van der Waals surface area contributed by atoms with Crippen LogP contribution in [-0.2, 0) is 0 Å². The number of nitrogens with zero attached hydrogens (tertiary/aromatic N) is 2. The van der Waals surface area contributed by atoms with Crippen molar-refractivity contribution in [1.29, 1.82) is 0 Å². The highest BCUT2D eigenvalue weighted by Crippen LogP contribution is 2.23. The Bertz CT molecular complexity index is 650. The molecule has 0 bridgehead atoms. The maximum Gasteiger partial charge on any atom is 0.317 e. The minimum Gasteiger partial charge on any atom is -0.463 e. The summed E-state index contributed by atoms with van der Waals surface area (Å²) >= 11 is 0. The predicted octanol–water partition coefficient (Wildman–Crippen LogP) is 3.40. The van der Waals surface area contributed by atoms with Gasteiger partial charge in [-0.25, -0.2) is 0 Å². The Morgan fingerprint density at radius 2 is 2.05 bits per heavy atom. The highest BCUT2D eigenvalue weighted by molar-refractivity contribution is 5.80. The SMILES string of the molecule is CCCCCCOc1nc(C(C)C)c2cc(=O)[nH]cc2n1. The molecule has 2 aromatic rings. The maximum atomic E-state index is 11.5. The number of H-pyrrole nitrogens is 1. The van der Waals surface area contributed by atoms with Crippen LogP contribution in [0.15, 0.2) is 17.1 Å². The zero-order valence-electron chi connectivity index (χ0n) is 13.0. The molecule has 0 unspecified atom stereocenters. The molecule has 0 aromatic carbocycles. The van der Waals surface area contributed by atoms with Gasteiger partial charge in [-0.15, -0.1) is 0 Å². The predicted molar refractivity (Wildman–Crippen MR) is 83.9 cm³/mol. The second-order valence-corrected chi connectivity index (χ2v) is 5.55. The molecule has 2 heterocycles. The summed E-state index contributed by atoms with van der Waals surface area (Å²) in [6, 6.07) is 1.95. The minimum absolute atomic E-state index is 0.138. The topological polar surface area (TPSA) is 67.9 Å². The summed E-state index contributed by atoms with van der Waals surface area (Å²) in [5, 5.41) is 0.798. The van der Waals surface area contributed by atoms with E-state index >= 15 is 0 Å². The number of aromatic nitrogens is 3. The second kappa shape index (κ2) is 7.20. The van der Waals surface area contributed by atoms with E-state index in [1.165, 1.54) is 12.8 Å². The number of ether oxygens (including phenoxy) is 1. The van der Waals surface area contributed by atoms with Gasteiger partial charge in [-0.3, -0.25) is 4.79 Å². The Kier molecular flexibility index (Phi) is 5.31. The number of fused-ring (bicyclic) bond motifs is 1. The molecule has 114 valence electrons. The average molecular weight is 289 g/mol. The van der Waals surface area contributed by atoms with Gasteiger partial charge in [0.2, 0.25) is 5.56 Å². The van der Waals surface area contributed by atoms with Crippen LogP contribution in [0.1, 0.15) is 58.1 Å². The number of hydrogen-bond acceptors (Lipinski definition) is 4. The summed E-state index contributed by atoms with van der Waals surface area (Å²) in [7, 11) is 0. The Morgan fingerprint density at radius 1 is 1.24 bits per heavy atom. The first kappa shape index (κ1) is 15.5. The van der Waals surface area contributed by atoms with Crippen LogP contribution >= 0.6 is 0 Å². The molecule has 0 radical (unpaired) electrons. The third-order valence-corrected chi connectivity index (χ3v) is 3.39. The van der Waals surface area contributed by atoms with Crippen molar-refractivity contribution in [2.45, 2.75) is 52.4 Å². The van der Waals surface area contributed by atoms with Gasteiger partial charge in [0.1, 0.15) is 0 Å². The summed E-state index contributed by atoms with van der Waals surface area (Å²) < 4.78 is 5.67. The van der Waals surface area contributed by atoms with Crippen molar-refractivity contribution in [2.75, 3.05) is 6.61 Å². The normalized spacial score (nSPS) is 11.2. The smallest absolute Gasteiger partial charge is 0.317 e. The molecule has 2 aromatic heterocycles. The van der Waals surface area contributed by atoms with Crippen LogP contribution in [-0.4, -0.2) is 21.6 Å². The number of pyridine rings is 1. The van der Waals surface area contributed by atoms with Crippen LogP contribution in [0.25, 0.3) is 10.9 Å². The summed E-state index contributed by atoms with van der Waals surface area (Å²) in [6.07, 6.45) is 6.22. The molecule has 0 saturated carbocycles. The summed E-state index contributed by atoms with van der Waals surface area (Å²) in [5.74, 6) is 0.208. The fraction of sp³-hybridized carbons (Fsp3) is 0.562. The van der Waals surface area contributed by atoms with Crippen molar-refractivity contribution in [3.63, 3.8) is 0 Å². The van der Waals surface area contributed by atoms with Gasteiger partial charge in [-0.2, -0.15) is 9.97 Å². The third kappa shape index (κ3) is 4.03. The lowest BCUT2D eigenvalue weighted by molar-refractivity contribution is 0.282. The summed E-state index contributed by atoms with van der Waals surface area (Å²) in [5.41, 5.74) is 1.44. The van der Waals surface area contributed by atoms with Gasteiger partial charge in [0.05, 0.1) is 17.8 Å². The average Bonchev–Trinajstić information content (AvgIpc) is 2.46. The fourth-order valence-corrected chi connectivity index (χ4v) is 2.25. The van der Waals surface area contributed by atoms with Crippen LogP contribution < -0.4 is 10.3 Å². The van der Waals surface area contributed by atoms with E-state index in [4.69, 9.17) is 4.74 Å². The van der Waals surface area contributed by atoms with Gasteiger partial charge in [0, 0.05) is 17.6 Å². The fourth-order valence-electron chi connectivity index (χ4n) is 2.25. The maximum absolute atomic E-state index is 11.5. The summed E-state index contributed by atoms with van der Waals surface area (Å²) in [4.78, 5) is 23.0.